The molecule has 1 fully saturated rings. The standard InChI is InChI=1S/C76H74BN3/c1-50(2)59-40-43-74(6,7)63-49-65-69(48-61(59)63)79(66-39-35-56(73(3,4)5)45-60(66)54-28-18-12-19-29-54)71-47-58(80-67-31-21-20-30-62(67)75(8)41-22-13-23-42-76(75,80)9)46-70-72(71)77(65)64-44-55(52-26-16-11-17-27-52)34-38-68(64)78(70)57-36-32-53(33-37-57)51-24-14-10-15-25-51/h10-12,14-21,24-39,44-49H,13,22-23,40-43H2,1-9H3. The molecule has 2 unspecified atom stereocenters. The van der Waals surface area contributed by atoms with Gasteiger partial charge < -0.3 is 14.7 Å². The molecule has 3 aliphatic heterocycles. The number of hydrogen-bond donors (Lipinski definition) is 0. The second-order valence-electron chi connectivity index (χ2n) is 26.2. The first-order valence-corrected chi connectivity index (χ1v) is 29.7. The third kappa shape index (κ3) is 7.75. The molecule has 0 radical (unpaired) electrons. The highest BCUT2D eigenvalue weighted by atomic mass is 15.3. The summed E-state index contributed by atoms with van der Waals surface area (Å²) < 4.78 is 0. The van der Waals surface area contributed by atoms with Crippen molar-refractivity contribution in [3.05, 3.63) is 228 Å². The molecule has 9 aromatic rings. The van der Waals surface area contributed by atoms with Gasteiger partial charge in [0, 0.05) is 50.8 Å². The zero-order valence-electron chi connectivity index (χ0n) is 48.4. The summed E-state index contributed by atoms with van der Waals surface area (Å²) in [6.45, 7) is 21.8. The molecule has 80 heavy (non-hydrogen) atoms. The van der Waals surface area contributed by atoms with E-state index in [0.717, 1.165) is 24.9 Å². The van der Waals surface area contributed by atoms with E-state index < -0.39 is 0 Å². The molecular formula is C76H74BN3. The topological polar surface area (TPSA) is 9.72 Å². The molecule has 9 aromatic carbocycles. The maximum atomic E-state index is 2.83. The molecule has 14 rings (SSSR count). The lowest BCUT2D eigenvalue weighted by Gasteiger charge is -2.49. The molecule has 2 atom stereocenters. The van der Waals surface area contributed by atoms with Crippen LogP contribution >= 0.6 is 0 Å². The van der Waals surface area contributed by atoms with Gasteiger partial charge in [0.05, 0.1) is 11.2 Å². The van der Waals surface area contributed by atoms with E-state index >= 15 is 0 Å². The molecule has 5 aliphatic rings. The van der Waals surface area contributed by atoms with Gasteiger partial charge in [-0.25, -0.2) is 0 Å². The lowest BCUT2D eigenvalue weighted by molar-refractivity contribution is 0.261. The van der Waals surface area contributed by atoms with Crippen molar-refractivity contribution >= 4 is 74.2 Å². The van der Waals surface area contributed by atoms with Gasteiger partial charge in [0.15, 0.2) is 0 Å². The normalized spacial score (nSPS) is 19.5. The Morgan fingerprint density at radius 3 is 1.71 bits per heavy atom. The lowest BCUT2D eigenvalue weighted by Crippen LogP contribution is -2.62. The van der Waals surface area contributed by atoms with E-state index in [-0.39, 0.29) is 28.5 Å². The number of fused-ring (bicyclic) bond motifs is 8. The van der Waals surface area contributed by atoms with Gasteiger partial charge in [-0.3, -0.25) is 0 Å². The molecule has 396 valence electrons. The maximum Gasteiger partial charge on any atom is 0.252 e. The van der Waals surface area contributed by atoms with Crippen LogP contribution in [0.2, 0.25) is 0 Å². The van der Waals surface area contributed by atoms with Gasteiger partial charge in [0.1, 0.15) is 0 Å². The fourth-order valence-corrected chi connectivity index (χ4v) is 15.3. The monoisotopic (exact) mass is 1040 g/mol. The first-order chi connectivity index (χ1) is 38.6. The number of benzene rings is 9. The number of hydrogen-bond acceptors (Lipinski definition) is 3. The van der Waals surface area contributed by atoms with Crippen molar-refractivity contribution in [1.29, 1.82) is 0 Å². The largest absolute Gasteiger partial charge is 0.334 e. The SMILES string of the molecule is CC(C)=C1CCC(C)(C)c2cc3c(cc21)N(c1ccc(C(C)(C)C)cc1-c1ccccc1)c1cc(N2c4ccccc4C4(C)CCCCCC24C)cc2c1B3c1cc(-c3ccccc3)ccc1N2c1ccc(-c2ccccc2)cc1. The van der Waals surface area contributed by atoms with Gasteiger partial charge in [0.2, 0.25) is 0 Å². The predicted octanol–water partition coefficient (Wildman–Crippen LogP) is 19.1. The van der Waals surface area contributed by atoms with Crippen molar-refractivity contribution in [2.75, 3.05) is 14.7 Å². The summed E-state index contributed by atoms with van der Waals surface area (Å²) in [5.41, 5.74) is 29.6. The average molecular weight is 1040 g/mol. The molecule has 2 aliphatic carbocycles. The maximum absolute atomic E-state index is 2.83. The molecule has 0 N–H and O–H groups in total. The second-order valence-corrected chi connectivity index (χ2v) is 26.2. The van der Waals surface area contributed by atoms with Gasteiger partial charge in [-0.15, -0.1) is 0 Å². The molecular weight excluding hydrogens is 966 g/mol. The van der Waals surface area contributed by atoms with Crippen LogP contribution in [0, 0.1) is 0 Å². The Bertz CT molecular complexity index is 3940. The number of nitrogens with zero attached hydrogens (tertiary/aromatic N) is 3. The van der Waals surface area contributed by atoms with Crippen LogP contribution in [0.1, 0.15) is 130 Å². The summed E-state index contributed by atoms with van der Waals surface area (Å²) in [5.74, 6) is 0. The fourth-order valence-electron chi connectivity index (χ4n) is 15.3. The van der Waals surface area contributed by atoms with E-state index in [1.807, 2.05) is 0 Å². The zero-order valence-corrected chi connectivity index (χ0v) is 48.4. The van der Waals surface area contributed by atoms with Gasteiger partial charge >= 0.3 is 0 Å². The molecule has 0 saturated heterocycles. The summed E-state index contributed by atoms with van der Waals surface area (Å²) in [6.07, 6.45) is 8.18. The van der Waals surface area contributed by atoms with Gasteiger partial charge in [-0.2, -0.15) is 0 Å². The third-order valence-electron chi connectivity index (χ3n) is 19.9. The van der Waals surface area contributed by atoms with E-state index in [1.165, 1.54) is 149 Å². The Balaban J connectivity index is 1.14. The van der Waals surface area contributed by atoms with E-state index in [9.17, 15) is 0 Å². The van der Waals surface area contributed by atoms with Crippen LogP contribution in [0.3, 0.4) is 0 Å². The number of allylic oxidation sites excluding steroid dienone is 2. The van der Waals surface area contributed by atoms with Crippen molar-refractivity contribution < 1.29 is 0 Å². The summed E-state index contributed by atoms with van der Waals surface area (Å²) in [5, 5.41) is 0. The first kappa shape index (κ1) is 50.4. The molecule has 0 spiro atoms. The molecule has 1 saturated carbocycles. The van der Waals surface area contributed by atoms with Gasteiger partial charge in [0.25, 0.3) is 6.71 Å². The third-order valence-corrected chi connectivity index (χ3v) is 19.9. The van der Waals surface area contributed by atoms with Crippen LogP contribution in [0.5, 0.6) is 0 Å². The molecule has 0 aromatic heterocycles. The molecule has 3 nitrogen and oxygen atoms in total. The predicted molar refractivity (Wildman–Crippen MR) is 343 cm³/mol. The van der Waals surface area contributed by atoms with Crippen molar-refractivity contribution in [2.24, 2.45) is 0 Å². The van der Waals surface area contributed by atoms with Crippen molar-refractivity contribution in [3.63, 3.8) is 0 Å². The van der Waals surface area contributed by atoms with Crippen molar-refractivity contribution in [1.82, 2.24) is 0 Å². The van der Waals surface area contributed by atoms with E-state index in [4.69, 9.17) is 0 Å². The summed E-state index contributed by atoms with van der Waals surface area (Å²) in [4.78, 5) is 8.21. The fraction of sp³-hybridized carbons (Fsp3) is 0.263. The highest BCUT2D eigenvalue weighted by Gasteiger charge is 2.57. The Morgan fingerprint density at radius 1 is 0.438 bits per heavy atom. The van der Waals surface area contributed by atoms with Crippen LogP contribution in [0.4, 0.5) is 45.5 Å². The highest BCUT2D eigenvalue weighted by molar-refractivity contribution is 7.00. The molecule has 0 amide bonds. The summed E-state index contributed by atoms with van der Waals surface area (Å²) in [7, 11) is 0. The summed E-state index contributed by atoms with van der Waals surface area (Å²) in [6, 6.07) is 77.3. The first-order valence-electron chi connectivity index (χ1n) is 29.7. The Morgan fingerprint density at radius 2 is 1.02 bits per heavy atom. The highest BCUT2D eigenvalue weighted by Crippen LogP contribution is 2.61. The number of para-hydroxylation sites is 1. The molecule has 4 heteroatoms. The summed E-state index contributed by atoms with van der Waals surface area (Å²) >= 11 is 0. The Labute approximate surface area is 476 Å². The molecule has 0 bridgehead atoms. The minimum Gasteiger partial charge on any atom is -0.334 e. The Hall–Kier alpha value is -7.82. The minimum absolute atomic E-state index is 0.0233. The van der Waals surface area contributed by atoms with Crippen molar-refractivity contribution in [2.45, 2.75) is 129 Å². The van der Waals surface area contributed by atoms with E-state index in [0.29, 0.717) is 0 Å². The van der Waals surface area contributed by atoms with Gasteiger partial charge in [-0.1, -0.05) is 212 Å². The number of rotatable bonds is 6. The minimum atomic E-state index is -0.170. The van der Waals surface area contributed by atoms with Gasteiger partial charge in [-0.05, 0) is 184 Å². The van der Waals surface area contributed by atoms with E-state index in [1.54, 1.807) is 0 Å². The van der Waals surface area contributed by atoms with Crippen LogP contribution in [0.15, 0.2) is 206 Å². The lowest BCUT2D eigenvalue weighted by atomic mass is 9.33. The number of anilines is 8. The quantitative estimate of drug-likeness (QED) is 0.154. The smallest absolute Gasteiger partial charge is 0.252 e. The van der Waals surface area contributed by atoms with Crippen LogP contribution in [0.25, 0.3) is 39.0 Å². The van der Waals surface area contributed by atoms with Crippen LogP contribution in [-0.2, 0) is 16.2 Å². The second kappa shape index (κ2) is 18.6. The zero-order chi connectivity index (χ0) is 54.9. The van der Waals surface area contributed by atoms with Crippen LogP contribution < -0.4 is 31.1 Å². The van der Waals surface area contributed by atoms with Crippen LogP contribution in [-0.4, -0.2) is 12.3 Å². The Kier molecular flexibility index (Phi) is 11.7. The van der Waals surface area contributed by atoms with E-state index in [2.05, 4.69) is 277 Å². The van der Waals surface area contributed by atoms with Crippen molar-refractivity contribution in [3.8, 4) is 33.4 Å². The molecule has 3 heterocycles. The average Bonchev–Trinajstić information content (AvgIpc) is 1.80.